The molecule has 0 radical (unpaired) electrons. The van der Waals surface area contributed by atoms with Gasteiger partial charge in [0.1, 0.15) is 0 Å². The number of nitrogens with one attached hydrogen (secondary N) is 1. The van der Waals surface area contributed by atoms with Crippen LogP contribution in [0.5, 0.6) is 0 Å². The molecule has 0 unspecified atom stereocenters. The van der Waals surface area contributed by atoms with Gasteiger partial charge in [-0.05, 0) is 29.8 Å². The van der Waals surface area contributed by atoms with E-state index in [1.165, 1.54) is 12.1 Å². The van der Waals surface area contributed by atoms with Crippen LogP contribution in [0.3, 0.4) is 0 Å². The monoisotopic (exact) mass is 325 g/mol. The van der Waals surface area contributed by atoms with Crippen LogP contribution in [0.25, 0.3) is 0 Å². The zero-order chi connectivity index (χ0) is 13.8. The number of benzene rings is 2. The lowest BCUT2D eigenvalue weighted by Gasteiger charge is -2.07. The molecule has 0 aliphatic rings. The molecule has 98 valence electrons. The number of carbonyl (C=O) groups excluding carboxylic acids is 1. The smallest absolute Gasteiger partial charge is 0.254 e. The molecule has 1 N–H and O–H groups in total. The van der Waals surface area contributed by atoms with E-state index in [1.807, 2.05) is 24.3 Å². The lowest BCUT2D eigenvalue weighted by molar-refractivity contribution is 0.0946. The van der Waals surface area contributed by atoms with Crippen LogP contribution in [0.2, 0.25) is 0 Å². The molecule has 0 bridgehead atoms. The fraction of sp³-hybridized carbons (Fsp3) is 0.0714. The van der Waals surface area contributed by atoms with E-state index in [2.05, 4.69) is 21.2 Å². The minimum Gasteiger partial charge on any atom is -0.348 e. The zero-order valence-corrected chi connectivity index (χ0v) is 11.4. The first-order valence-electron chi connectivity index (χ1n) is 5.54. The summed E-state index contributed by atoms with van der Waals surface area (Å²) in [6.45, 7) is 0.244. The molecule has 2 aromatic carbocycles. The van der Waals surface area contributed by atoms with Gasteiger partial charge in [0.15, 0.2) is 11.6 Å². The number of amides is 1. The van der Waals surface area contributed by atoms with Crippen LogP contribution in [0, 0.1) is 11.6 Å². The van der Waals surface area contributed by atoms with E-state index in [0.717, 1.165) is 16.1 Å². The first-order chi connectivity index (χ1) is 9.08. The molecule has 0 fully saturated rings. The molecule has 0 spiro atoms. The van der Waals surface area contributed by atoms with Crippen LogP contribution in [0.4, 0.5) is 8.78 Å². The van der Waals surface area contributed by atoms with Crippen LogP contribution >= 0.6 is 15.9 Å². The van der Waals surface area contributed by atoms with E-state index in [4.69, 9.17) is 0 Å². The predicted molar refractivity (Wildman–Crippen MR) is 71.7 cm³/mol. The van der Waals surface area contributed by atoms with Crippen molar-refractivity contribution in [2.45, 2.75) is 6.54 Å². The summed E-state index contributed by atoms with van der Waals surface area (Å²) in [5.74, 6) is -2.80. The van der Waals surface area contributed by atoms with Gasteiger partial charge in [0.2, 0.25) is 0 Å². The number of rotatable bonds is 3. The van der Waals surface area contributed by atoms with Gasteiger partial charge >= 0.3 is 0 Å². The third-order valence-electron chi connectivity index (χ3n) is 2.54. The number of hydrogen-bond acceptors (Lipinski definition) is 1. The van der Waals surface area contributed by atoms with Gasteiger partial charge in [-0.1, -0.05) is 34.1 Å². The van der Waals surface area contributed by atoms with Gasteiger partial charge in [0.05, 0.1) is 5.56 Å². The Kier molecular flexibility index (Phi) is 4.27. The molecule has 0 aromatic heterocycles. The van der Waals surface area contributed by atoms with Gasteiger partial charge in [0, 0.05) is 11.0 Å². The summed E-state index contributed by atoms with van der Waals surface area (Å²) in [4.78, 5) is 11.7. The topological polar surface area (TPSA) is 29.1 Å². The van der Waals surface area contributed by atoms with Crippen molar-refractivity contribution in [3.8, 4) is 0 Å². The van der Waals surface area contributed by atoms with Crippen molar-refractivity contribution in [1.29, 1.82) is 0 Å². The van der Waals surface area contributed by atoms with E-state index in [-0.39, 0.29) is 12.1 Å². The number of carbonyl (C=O) groups is 1. The highest BCUT2D eigenvalue weighted by atomic mass is 79.9. The second kappa shape index (κ2) is 5.93. The Labute approximate surface area is 117 Å². The average molecular weight is 326 g/mol. The van der Waals surface area contributed by atoms with Crippen molar-refractivity contribution < 1.29 is 13.6 Å². The molecule has 0 heterocycles. The van der Waals surface area contributed by atoms with Gasteiger partial charge < -0.3 is 5.32 Å². The zero-order valence-electron chi connectivity index (χ0n) is 9.79. The Morgan fingerprint density at radius 3 is 2.63 bits per heavy atom. The summed E-state index contributed by atoms with van der Waals surface area (Å²) in [6.07, 6.45) is 0. The maximum atomic E-state index is 13.4. The molecule has 0 saturated carbocycles. The Balaban J connectivity index is 2.08. The van der Waals surface area contributed by atoms with E-state index in [0.29, 0.717) is 0 Å². The summed E-state index contributed by atoms with van der Waals surface area (Å²) in [5, 5.41) is 2.54. The molecule has 0 aliphatic carbocycles. The second-order valence-electron chi connectivity index (χ2n) is 3.91. The summed E-state index contributed by atoms with van der Waals surface area (Å²) < 4.78 is 27.3. The summed E-state index contributed by atoms with van der Waals surface area (Å²) >= 11 is 3.31. The van der Waals surface area contributed by atoms with Gasteiger partial charge in [-0.15, -0.1) is 0 Å². The average Bonchev–Trinajstić information content (AvgIpc) is 2.39. The molecule has 2 nitrogen and oxygen atoms in total. The second-order valence-corrected chi connectivity index (χ2v) is 4.83. The van der Waals surface area contributed by atoms with E-state index >= 15 is 0 Å². The molecule has 19 heavy (non-hydrogen) atoms. The van der Waals surface area contributed by atoms with Gasteiger partial charge in [-0.3, -0.25) is 4.79 Å². The van der Waals surface area contributed by atoms with Crippen LogP contribution in [-0.4, -0.2) is 5.91 Å². The lowest BCUT2D eigenvalue weighted by atomic mass is 10.1. The highest BCUT2D eigenvalue weighted by Gasteiger charge is 2.14. The third-order valence-corrected chi connectivity index (χ3v) is 3.03. The fourth-order valence-electron chi connectivity index (χ4n) is 1.60. The lowest BCUT2D eigenvalue weighted by Crippen LogP contribution is -2.24. The molecule has 0 saturated heterocycles. The number of halogens is 3. The quantitative estimate of drug-likeness (QED) is 0.916. The first-order valence-corrected chi connectivity index (χ1v) is 6.34. The highest BCUT2D eigenvalue weighted by molar-refractivity contribution is 9.10. The fourth-order valence-corrected chi connectivity index (χ4v) is 2.05. The predicted octanol–water partition coefficient (Wildman–Crippen LogP) is 3.66. The Bertz CT molecular complexity index is 616. The van der Waals surface area contributed by atoms with Crippen molar-refractivity contribution in [2.24, 2.45) is 0 Å². The maximum absolute atomic E-state index is 13.4. The normalized spacial score (nSPS) is 10.3. The molecular weight excluding hydrogens is 316 g/mol. The van der Waals surface area contributed by atoms with Crippen molar-refractivity contribution in [2.75, 3.05) is 0 Å². The van der Waals surface area contributed by atoms with Crippen molar-refractivity contribution in [1.82, 2.24) is 5.32 Å². The van der Waals surface area contributed by atoms with Crippen LogP contribution < -0.4 is 5.32 Å². The molecule has 5 heteroatoms. The van der Waals surface area contributed by atoms with E-state index in [9.17, 15) is 13.6 Å². The van der Waals surface area contributed by atoms with Gasteiger partial charge in [0.25, 0.3) is 5.91 Å². The van der Waals surface area contributed by atoms with E-state index < -0.39 is 17.5 Å². The first kappa shape index (κ1) is 13.7. The molecule has 2 rings (SSSR count). The summed E-state index contributed by atoms with van der Waals surface area (Å²) in [5.41, 5.74) is 0.564. The Morgan fingerprint density at radius 2 is 1.89 bits per heavy atom. The van der Waals surface area contributed by atoms with Crippen molar-refractivity contribution in [3.05, 3.63) is 69.7 Å². The van der Waals surface area contributed by atoms with Crippen LogP contribution in [0.15, 0.2) is 46.9 Å². The Hall–Kier alpha value is -1.75. The Morgan fingerprint density at radius 1 is 1.16 bits per heavy atom. The molecule has 1 amide bonds. The standard InChI is InChI=1S/C14H10BrF2NO/c15-10-4-1-3-9(7-10)8-18-14(19)11-5-2-6-12(16)13(11)17/h1-7H,8H2,(H,18,19). The highest BCUT2D eigenvalue weighted by Crippen LogP contribution is 2.13. The van der Waals surface area contributed by atoms with Crippen molar-refractivity contribution in [3.63, 3.8) is 0 Å². The molecule has 0 aliphatic heterocycles. The van der Waals surface area contributed by atoms with Gasteiger partial charge in [-0.2, -0.15) is 0 Å². The van der Waals surface area contributed by atoms with Gasteiger partial charge in [-0.25, -0.2) is 8.78 Å². The summed E-state index contributed by atoms with van der Waals surface area (Å²) in [7, 11) is 0. The molecule has 2 aromatic rings. The summed E-state index contributed by atoms with van der Waals surface area (Å²) in [6, 6.07) is 10.9. The maximum Gasteiger partial charge on any atom is 0.254 e. The minimum atomic E-state index is -1.13. The van der Waals surface area contributed by atoms with Crippen molar-refractivity contribution >= 4 is 21.8 Å². The SMILES string of the molecule is O=C(NCc1cccc(Br)c1)c1cccc(F)c1F. The minimum absolute atomic E-state index is 0.244. The van der Waals surface area contributed by atoms with Crippen LogP contribution in [-0.2, 0) is 6.54 Å². The largest absolute Gasteiger partial charge is 0.348 e. The number of hydrogen-bond donors (Lipinski definition) is 1. The third kappa shape index (κ3) is 3.38. The molecule has 0 atom stereocenters. The van der Waals surface area contributed by atoms with E-state index in [1.54, 1.807) is 0 Å². The molecular formula is C14H10BrF2NO. The van der Waals surface area contributed by atoms with Crippen LogP contribution in [0.1, 0.15) is 15.9 Å².